The first-order valence-electron chi connectivity index (χ1n) is 4.56. The average Bonchev–Trinajstić information content (AvgIpc) is 2.55. The SMILES string of the molecule is Cn1nc(CN)c(Br)c1-c1ccncc1. The Hall–Kier alpha value is -1.20. The van der Waals surface area contributed by atoms with Crippen LogP contribution in [0.3, 0.4) is 0 Å². The Kier molecular flexibility index (Phi) is 2.83. The van der Waals surface area contributed by atoms with E-state index < -0.39 is 0 Å². The number of rotatable bonds is 2. The topological polar surface area (TPSA) is 56.7 Å². The van der Waals surface area contributed by atoms with E-state index in [1.807, 2.05) is 23.9 Å². The number of hydrogen-bond acceptors (Lipinski definition) is 3. The molecule has 2 heterocycles. The van der Waals surface area contributed by atoms with Crippen LogP contribution in [-0.2, 0) is 13.6 Å². The molecule has 2 rings (SSSR count). The van der Waals surface area contributed by atoms with Gasteiger partial charge in [0.25, 0.3) is 0 Å². The van der Waals surface area contributed by atoms with Crippen molar-refractivity contribution in [3.05, 3.63) is 34.7 Å². The summed E-state index contributed by atoms with van der Waals surface area (Å²) in [5.41, 5.74) is 8.56. The zero-order valence-electron chi connectivity index (χ0n) is 8.31. The highest BCUT2D eigenvalue weighted by Crippen LogP contribution is 2.29. The molecule has 0 atom stereocenters. The van der Waals surface area contributed by atoms with Crippen molar-refractivity contribution in [2.75, 3.05) is 0 Å². The van der Waals surface area contributed by atoms with Crippen molar-refractivity contribution in [2.24, 2.45) is 12.8 Å². The lowest BCUT2D eigenvalue weighted by molar-refractivity contribution is 0.749. The van der Waals surface area contributed by atoms with Gasteiger partial charge in [0.05, 0.1) is 15.9 Å². The number of halogens is 1. The Bertz CT molecular complexity index is 464. The Morgan fingerprint density at radius 3 is 2.60 bits per heavy atom. The van der Waals surface area contributed by atoms with Gasteiger partial charge in [-0.2, -0.15) is 5.10 Å². The molecule has 2 N–H and O–H groups in total. The minimum atomic E-state index is 0.430. The average molecular weight is 267 g/mol. The van der Waals surface area contributed by atoms with Crippen LogP contribution < -0.4 is 5.73 Å². The molecule has 0 aliphatic rings. The van der Waals surface area contributed by atoms with Crippen LogP contribution in [0.5, 0.6) is 0 Å². The summed E-state index contributed by atoms with van der Waals surface area (Å²) in [4.78, 5) is 3.99. The van der Waals surface area contributed by atoms with E-state index in [-0.39, 0.29) is 0 Å². The standard InChI is InChI=1S/C10H11BrN4/c1-15-10(7-2-4-13-5-3-7)9(11)8(6-12)14-15/h2-5H,6,12H2,1H3. The van der Waals surface area contributed by atoms with E-state index in [1.165, 1.54) is 0 Å². The van der Waals surface area contributed by atoms with Gasteiger partial charge in [-0.3, -0.25) is 9.67 Å². The van der Waals surface area contributed by atoms with Crippen molar-refractivity contribution < 1.29 is 0 Å². The Balaban J connectivity index is 2.58. The summed E-state index contributed by atoms with van der Waals surface area (Å²) in [6.45, 7) is 0.430. The molecule has 0 saturated heterocycles. The van der Waals surface area contributed by atoms with Gasteiger partial charge in [0.15, 0.2) is 0 Å². The van der Waals surface area contributed by atoms with Gasteiger partial charge in [-0.15, -0.1) is 0 Å². The summed E-state index contributed by atoms with van der Waals surface area (Å²) in [5, 5.41) is 4.33. The Morgan fingerprint density at radius 1 is 1.40 bits per heavy atom. The van der Waals surface area contributed by atoms with E-state index in [4.69, 9.17) is 5.73 Å². The normalized spacial score (nSPS) is 10.6. The van der Waals surface area contributed by atoms with Crippen LogP contribution in [0.25, 0.3) is 11.3 Å². The summed E-state index contributed by atoms with van der Waals surface area (Å²) in [7, 11) is 1.90. The molecule has 0 fully saturated rings. The largest absolute Gasteiger partial charge is 0.325 e. The van der Waals surface area contributed by atoms with Crippen LogP contribution >= 0.6 is 15.9 Å². The number of nitrogens with zero attached hydrogens (tertiary/aromatic N) is 3. The van der Waals surface area contributed by atoms with Gasteiger partial charge >= 0.3 is 0 Å². The summed E-state index contributed by atoms with van der Waals surface area (Å²) < 4.78 is 2.78. The second-order valence-corrected chi connectivity index (χ2v) is 3.97. The van der Waals surface area contributed by atoms with Crippen molar-refractivity contribution in [3.63, 3.8) is 0 Å². The molecule has 2 aromatic heterocycles. The zero-order valence-corrected chi connectivity index (χ0v) is 9.90. The predicted molar refractivity (Wildman–Crippen MR) is 62.0 cm³/mol. The highest BCUT2D eigenvalue weighted by atomic mass is 79.9. The highest BCUT2D eigenvalue weighted by Gasteiger charge is 2.13. The Labute approximate surface area is 96.3 Å². The van der Waals surface area contributed by atoms with Gasteiger partial charge in [0.2, 0.25) is 0 Å². The molecule has 4 nitrogen and oxygen atoms in total. The maximum absolute atomic E-state index is 5.59. The van der Waals surface area contributed by atoms with E-state index >= 15 is 0 Å². The molecule has 0 unspecified atom stereocenters. The van der Waals surface area contributed by atoms with Crippen LogP contribution in [0, 0.1) is 0 Å². The van der Waals surface area contributed by atoms with Gasteiger partial charge in [-0.05, 0) is 28.1 Å². The van der Waals surface area contributed by atoms with Crippen molar-refractivity contribution in [2.45, 2.75) is 6.54 Å². The third-order valence-corrected chi connectivity index (χ3v) is 3.04. The fourth-order valence-corrected chi connectivity index (χ4v) is 2.23. The van der Waals surface area contributed by atoms with Gasteiger partial charge < -0.3 is 5.73 Å². The van der Waals surface area contributed by atoms with Crippen LogP contribution in [0.2, 0.25) is 0 Å². The highest BCUT2D eigenvalue weighted by molar-refractivity contribution is 9.10. The molecule has 0 aliphatic heterocycles. The molecule has 0 spiro atoms. The predicted octanol–water partition coefficient (Wildman–Crippen LogP) is 1.70. The molecule has 0 radical (unpaired) electrons. The molecule has 0 amide bonds. The first-order chi connectivity index (χ1) is 7.24. The second-order valence-electron chi connectivity index (χ2n) is 3.17. The van der Waals surface area contributed by atoms with Crippen LogP contribution in [0.4, 0.5) is 0 Å². The molecule has 0 aromatic carbocycles. The Morgan fingerprint density at radius 2 is 2.07 bits per heavy atom. The molecule has 15 heavy (non-hydrogen) atoms. The summed E-state index contributed by atoms with van der Waals surface area (Å²) in [6.07, 6.45) is 3.52. The van der Waals surface area contributed by atoms with E-state index in [0.717, 1.165) is 21.4 Å². The lowest BCUT2D eigenvalue weighted by Gasteiger charge is -2.01. The lowest BCUT2D eigenvalue weighted by Crippen LogP contribution is -1.99. The van der Waals surface area contributed by atoms with Crippen LogP contribution in [-0.4, -0.2) is 14.8 Å². The smallest absolute Gasteiger partial charge is 0.0908 e. The van der Waals surface area contributed by atoms with E-state index in [2.05, 4.69) is 26.0 Å². The van der Waals surface area contributed by atoms with Gasteiger partial charge in [-0.25, -0.2) is 0 Å². The van der Waals surface area contributed by atoms with Gasteiger partial charge in [0, 0.05) is 31.5 Å². The molecule has 0 bridgehead atoms. The fraction of sp³-hybridized carbons (Fsp3) is 0.200. The van der Waals surface area contributed by atoms with E-state index in [9.17, 15) is 0 Å². The van der Waals surface area contributed by atoms with E-state index in [1.54, 1.807) is 12.4 Å². The monoisotopic (exact) mass is 266 g/mol. The minimum Gasteiger partial charge on any atom is -0.325 e. The van der Waals surface area contributed by atoms with Crippen molar-refractivity contribution in [1.29, 1.82) is 0 Å². The molecular weight excluding hydrogens is 256 g/mol. The molecule has 2 aromatic rings. The molecule has 0 saturated carbocycles. The van der Waals surface area contributed by atoms with Crippen LogP contribution in [0.1, 0.15) is 5.69 Å². The maximum atomic E-state index is 5.59. The first-order valence-corrected chi connectivity index (χ1v) is 5.35. The quantitative estimate of drug-likeness (QED) is 0.901. The lowest BCUT2D eigenvalue weighted by atomic mass is 10.2. The molecule has 5 heteroatoms. The molecular formula is C10H11BrN4. The third-order valence-electron chi connectivity index (χ3n) is 2.20. The molecule has 78 valence electrons. The number of pyridine rings is 1. The fourth-order valence-electron chi connectivity index (χ4n) is 1.51. The second kappa shape index (κ2) is 4.12. The first kappa shape index (κ1) is 10.3. The summed E-state index contributed by atoms with van der Waals surface area (Å²) >= 11 is 3.52. The molecule has 0 aliphatic carbocycles. The van der Waals surface area contributed by atoms with Crippen LogP contribution in [0.15, 0.2) is 29.0 Å². The number of nitrogens with two attached hydrogens (primary N) is 1. The summed E-state index contributed by atoms with van der Waals surface area (Å²) in [5.74, 6) is 0. The number of hydrogen-bond donors (Lipinski definition) is 1. The number of aryl methyl sites for hydroxylation is 1. The zero-order chi connectivity index (χ0) is 10.8. The third kappa shape index (κ3) is 1.80. The van der Waals surface area contributed by atoms with Gasteiger partial charge in [0.1, 0.15) is 0 Å². The van der Waals surface area contributed by atoms with Crippen molar-refractivity contribution in [1.82, 2.24) is 14.8 Å². The minimum absolute atomic E-state index is 0.430. The van der Waals surface area contributed by atoms with Crippen molar-refractivity contribution in [3.8, 4) is 11.3 Å². The van der Waals surface area contributed by atoms with E-state index in [0.29, 0.717) is 6.54 Å². The number of aromatic nitrogens is 3. The summed E-state index contributed by atoms with van der Waals surface area (Å²) in [6, 6.07) is 3.89. The van der Waals surface area contributed by atoms with Gasteiger partial charge in [-0.1, -0.05) is 0 Å². The van der Waals surface area contributed by atoms with Crippen molar-refractivity contribution >= 4 is 15.9 Å². The maximum Gasteiger partial charge on any atom is 0.0908 e.